The molecule has 0 unspecified atom stereocenters. The summed E-state index contributed by atoms with van der Waals surface area (Å²) in [5, 5.41) is 0. The number of benzene rings is 1. The molecule has 0 aliphatic rings. The fourth-order valence-electron chi connectivity index (χ4n) is 1.15. The minimum Gasteiger partial charge on any atom is -0.460 e. The smallest absolute Gasteiger partial charge is 0.311 e. The van der Waals surface area contributed by atoms with Gasteiger partial charge < -0.3 is 4.74 Å². The summed E-state index contributed by atoms with van der Waals surface area (Å²) in [5.41, 5.74) is -0.852. The topological polar surface area (TPSA) is 26.3 Å². The molecule has 0 radical (unpaired) electrons. The molecule has 1 aromatic rings. The van der Waals surface area contributed by atoms with Crippen molar-refractivity contribution in [2.45, 2.75) is 33.8 Å². The van der Waals surface area contributed by atoms with Gasteiger partial charge in [-0.1, -0.05) is 13.0 Å². The molecule has 1 aromatic carbocycles. The highest BCUT2D eigenvalue weighted by Crippen LogP contribution is 2.23. The van der Waals surface area contributed by atoms with Crippen LogP contribution in [0.4, 0.5) is 8.78 Å². The summed E-state index contributed by atoms with van der Waals surface area (Å²) in [6, 6.07) is 3.54. The van der Waals surface area contributed by atoms with E-state index in [0.717, 1.165) is 12.1 Å². The van der Waals surface area contributed by atoms with Gasteiger partial charge in [0.2, 0.25) is 0 Å². The third-order valence-electron chi connectivity index (χ3n) is 2.85. The van der Waals surface area contributed by atoms with Gasteiger partial charge in [-0.2, -0.15) is 0 Å². The molecule has 1 rings (SSSR count). The summed E-state index contributed by atoms with van der Waals surface area (Å²) in [5.74, 6) is -1.86. The number of rotatable bonds is 4. The molecule has 2 nitrogen and oxygen atoms in total. The van der Waals surface area contributed by atoms with Gasteiger partial charge in [0.25, 0.3) is 0 Å². The van der Waals surface area contributed by atoms with Crippen LogP contribution in [0.2, 0.25) is 0 Å². The predicted molar refractivity (Wildman–Crippen MR) is 60.2 cm³/mol. The summed E-state index contributed by atoms with van der Waals surface area (Å²) in [6.07, 6.45) is 0.603. The number of hydrogen-bond acceptors (Lipinski definition) is 2. The normalized spacial score (nSPS) is 11.4. The fourth-order valence-corrected chi connectivity index (χ4v) is 1.15. The van der Waals surface area contributed by atoms with Crippen molar-refractivity contribution in [3.05, 3.63) is 35.4 Å². The highest BCUT2D eigenvalue weighted by molar-refractivity contribution is 5.75. The molecule has 0 saturated heterocycles. The first kappa shape index (κ1) is 13.6. The standard InChI is InChI=1S/C13H16F2O2/c1-4-13(2,3)12(16)17-8-9-10(14)6-5-7-11(9)15/h5-7H,4,8H2,1-3H3. The molecule has 0 bridgehead atoms. The largest absolute Gasteiger partial charge is 0.460 e. The Morgan fingerprint density at radius 3 is 2.29 bits per heavy atom. The van der Waals surface area contributed by atoms with Crippen molar-refractivity contribution < 1.29 is 18.3 Å². The first-order valence-electron chi connectivity index (χ1n) is 5.48. The Morgan fingerprint density at radius 1 is 1.29 bits per heavy atom. The van der Waals surface area contributed by atoms with Crippen LogP contribution in [0.3, 0.4) is 0 Å². The maximum atomic E-state index is 13.2. The number of ether oxygens (including phenoxy) is 1. The van der Waals surface area contributed by atoms with E-state index in [1.165, 1.54) is 6.07 Å². The van der Waals surface area contributed by atoms with Crippen molar-refractivity contribution >= 4 is 5.97 Å². The Hall–Kier alpha value is -1.45. The average Bonchev–Trinajstić information content (AvgIpc) is 2.28. The van der Waals surface area contributed by atoms with Gasteiger partial charge in [0, 0.05) is 0 Å². The van der Waals surface area contributed by atoms with Crippen molar-refractivity contribution in [2.75, 3.05) is 0 Å². The molecule has 0 amide bonds. The lowest BCUT2D eigenvalue weighted by Gasteiger charge is -2.20. The van der Waals surface area contributed by atoms with Crippen LogP contribution >= 0.6 is 0 Å². The van der Waals surface area contributed by atoms with Crippen molar-refractivity contribution in [1.29, 1.82) is 0 Å². The lowest BCUT2D eigenvalue weighted by atomic mass is 9.91. The zero-order chi connectivity index (χ0) is 13.1. The number of carbonyl (C=O) groups excluding carboxylic acids is 1. The van der Waals surface area contributed by atoms with Gasteiger partial charge in [0.05, 0.1) is 11.0 Å². The Labute approximate surface area is 99.6 Å². The number of esters is 1. The van der Waals surface area contributed by atoms with Gasteiger partial charge in [-0.25, -0.2) is 8.78 Å². The summed E-state index contributed by atoms with van der Waals surface area (Å²) < 4.78 is 31.4. The number of carbonyl (C=O) groups is 1. The van der Waals surface area contributed by atoms with Crippen LogP contribution in [-0.4, -0.2) is 5.97 Å². The zero-order valence-electron chi connectivity index (χ0n) is 10.2. The molecule has 0 aliphatic heterocycles. The Balaban J connectivity index is 2.72. The lowest BCUT2D eigenvalue weighted by molar-refractivity contribution is -0.155. The van der Waals surface area contributed by atoms with Gasteiger partial charge in [0.15, 0.2) is 0 Å². The summed E-state index contributed by atoms with van der Waals surface area (Å²) in [6.45, 7) is 4.94. The second-order valence-electron chi connectivity index (χ2n) is 4.51. The SMILES string of the molecule is CCC(C)(C)C(=O)OCc1c(F)cccc1F. The van der Waals surface area contributed by atoms with E-state index >= 15 is 0 Å². The highest BCUT2D eigenvalue weighted by Gasteiger charge is 2.27. The van der Waals surface area contributed by atoms with E-state index in [1.807, 2.05) is 6.92 Å². The molecule has 0 aliphatic carbocycles. The molecule has 4 heteroatoms. The zero-order valence-corrected chi connectivity index (χ0v) is 10.2. The van der Waals surface area contributed by atoms with E-state index in [-0.39, 0.29) is 12.2 Å². The summed E-state index contributed by atoms with van der Waals surface area (Å²) in [7, 11) is 0. The van der Waals surface area contributed by atoms with Crippen molar-refractivity contribution in [2.24, 2.45) is 5.41 Å². The van der Waals surface area contributed by atoms with Gasteiger partial charge >= 0.3 is 5.97 Å². The first-order chi connectivity index (χ1) is 7.88. The molecule has 0 spiro atoms. The maximum Gasteiger partial charge on any atom is 0.311 e. The van der Waals surface area contributed by atoms with E-state index in [2.05, 4.69) is 0 Å². The monoisotopic (exact) mass is 242 g/mol. The fraction of sp³-hybridized carbons (Fsp3) is 0.462. The third-order valence-corrected chi connectivity index (χ3v) is 2.85. The first-order valence-corrected chi connectivity index (χ1v) is 5.48. The van der Waals surface area contributed by atoms with Crippen molar-refractivity contribution in [1.82, 2.24) is 0 Å². The summed E-state index contributed by atoms with van der Waals surface area (Å²) >= 11 is 0. The van der Waals surface area contributed by atoms with Gasteiger partial charge in [0.1, 0.15) is 18.2 Å². The second kappa shape index (κ2) is 5.25. The van der Waals surface area contributed by atoms with Crippen LogP contribution in [-0.2, 0) is 16.1 Å². The minimum atomic E-state index is -0.702. The quantitative estimate of drug-likeness (QED) is 0.756. The molecule has 0 aromatic heterocycles. The van der Waals surface area contributed by atoms with Crippen LogP contribution in [0.1, 0.15) is 32.8 Å². The maximum absolute atomic E-state index is 13.2. The second-order valence-corrected chi connectivity index (χ2v) is 4.51. The van der Waals surface area contributed by atoms with Crippen LogP contribution in [0, 0.1) is 17.0 Å². The number of hydrogen-bond donors (Lipinski definition) is 0. The molecule has 0 saturated carbocycles. The van der Waals surface area contributed by atoms with Crippen LogP contribution < -0.4 is 0 Å². The number of halogens is 2. The highest BCUT2D eigenvalue weighted by atomic mass is 19.1. The average molecular weight is 242 g/mol. The van der Waals surface area contributed by atoms with Gasteiger partial charge in [-0.3, -0.25) is 4.79 Å². The predicted octanol–water partition coefficient (Wildman–Crippen LogP) is 3.44. The van der Waals surface area contributed by atoms with Gasteiger partial charge in [-0.05, 0) is 32.4 Å². The minimum absolute atomic E-state index is 0.215. The van der Waals surface area contributed by atoms with E-state index < -0.39 is 23.0 Å². The molecule has 0 N–H and O–H groups in total. The molecule has 0 fully saturated rings. The van der Waals surface area contributed by atoms with Crippen LogP contribution in [0.15, 0.2) is 18.2 Å². The van der Waals surface area contributed by atoms with Crippen LogP contribution in [0.5, 0.6) is 0 Å². The Morgan fingerprint density at radius 2 is 1.82 bits per heavy atom. The van der Waals surface area contributed by atoms with Crippen molar-refractivity contribution in [3.8, 4) is 0 Å². The molecular formula is C13H16F2O2. The lowest BCUT2D eigenvalue weighted by Crippen LogP contribution is -2.25. The van der Waals surface area contributed by atoms with E-state index in [0.29, 0.717) is 6.42 Å². The van der Waals surface area contributed by atoms with E-state index in [4.69, 9.17) is 4.74 Å². The molecule has 94 valence electrons. The van der Waals surface area contributed by atoms with E-state index in [9.17, 15) is 13.6 Å². The summed E-state index contributed by atoms with van der Waals surface area (Å²) in [4.78, 5) is 11.6. The van der Waals surface area contributed by atoms with E-state index in [1.54, 1.807) is 13.8 Å². The van der Waals surface area contributed by atoms with Crippen molar-refractivity contribution in [3.63, 3.8) is 0 Å². The molecule has 17 heavy (non-hydrogen) atoms. The molecular weight excluding hydrogens is 226 g/mol. The Bertz CT molecular complexity index is 394. The van der Waals surface area contributed by atoms with Crippen LogP contribution in [0.25, 0.3) is 0 Å². The molecule has 0 atom stereocenters. The third kappa shape index (κ3) is 3.25. The van der Waals surface area contributed by atoms with Gasteiger partial charge in [-0.15, -0.1) is 0 Å². The molecule has 0 heterocycles. The Kier molecular flexibility index (Phi) is 4.21.